The highest BCUT2D eigenvalue weighted by Gasteiger charge is 2.42. The molecule has 0 aliphatic heterocycles. The van der Waals surface area contributed by atoms with Crippen molar-refractivity contribution < 1.29 is 27.0 Å². The molecule has 1 unspecified atom stereocenters. The molecule has 148 valence electrons. The highest BCUT2D eigenvalue weighted by atomic mass is 79.9. The quantitative estimate of drug-likeness (QED) is 0.486. The van der Waals surface area contributed by atoms with E-state index in [1.54, 1.807) is 48.5 Å². The van der Waals surface area contributed by atoms with Gasteiger partial charge in [0.05, 0.1) is 22.9 Å². The SMILES string of the molecule is CC(C)(C)[NH+](C(=O)c1ccc(Cl)cc1)N(Cl)C(=O)c1ccccc1Br.Cl.[Cl-]. The predicted molar refractivity (Wildman–Crippen MR) is 110 cm³/mol. The maximum atomic E-state index is 13.0. The molecule has 0 aliphatic rings. The van der Waals surface area contributed by atoms with E-state index in [0.717, 1.165) is 4.53 Å². The average molecular weight is 517 g/mol. The van der Waals surface area contributed by atoms with Gasteiger partial charge in [-0.2, -0.15) is 0 Å². The van der Waals surface area contributed by atoms with Crippen molar-refractivity contribution in [1.82, 2.24) is 4.53 Å². The third-order valence-corrected chi connectivity index (χ3v) is 4.78. The first-order chi connectivity index (χ1) is 11.6. The number of amides is 2. The summed E-state index contributed by atoms with van der Waals surface area (Å²) in [7, 11) is 0. The van der Waals surface area contributed by atoms with Crippen molar-refractivity contribution in [3.8, 4) is 0 Å². The van der Waals surface area contributed by atoms with E-state index >= 15 is 0 Å². The van der Waals surface area contributed by atoms with Crippen molar-refractivity contribution in [3.05, 3.63) is 69.2 Å². The second kappa shape index (κ2) is 10.6. The van der Waals surface area contributed by atoms with Crippen LogP contribution in [0.5, 0.6) is 0 Å². The predicted octanol–water partition coefficient (Wildman–Crippen LogP) is 1.56. The van der Waals surface area contributed by atoms with Crippen LogP contribution in [0.25, 0.3) is 0 Å². The zero-order valence-corrected chi connectivity index (χ0v) is 19.5. The lowest BCUT2D eigenvalue weighted by molar-refractivity contribution is -0.951. The van der Waals surface area contributed by atoms with Crippen molar-refractivity contribution >= 4 is 63.5 Å². The Labute approximate surface area is 189 Å². The van der Waals surface area contributed by atoms with Crippen LogP contribution in [-0.2, 0) is 0 Å². The van der Waals surface area contributed by atoms with Gasteiger partial charge in [-0.1, -0.05) is 28.3 Å². The molecule has 0 aliphatic carbocycles. The van der Waals surface area contributed by atoms with Crippen molar-refractivity contribution in [3.63, 3.8) is 0 Å². The van der Waals surface area contributed by atoms with Crippen LogP contribution in [0.4, 0.5) is 0 Å². The summed E-state index contributed by atoms with van der Waals surface area (Å²) in [5.74, 6) is -0.791. The van der Waals surface area contributed by atoms with Crippen molar-refractivity contribution in [1.29, 1.82) is 0 Å². The highest BCUT2D eigenvalue weighted by molar-refractivity contribution is 9.10. The first-order valence-corrected chi connectivity index (χ1v) is 9.06. The molecule has 1 atom stereocenters. The molecule has 0 fully saturated rings. The third kappa shape index (κ3) is 6.34. The summed E-state index contributed by atoms with van der Waals surface area (Å²) >= 11 is 15.6. The third-order valence-electron chi connectivity index (χ3n) is 3.51. The van der Waals surface area contributed by atoms with Crippen LogP contribution in [0.1, 0.15) is 41.5 Å². The molecule has 27 heavy (non-hydrogen) atoms. The Bertz CT molecular complexity index is 795. The average Bonchev–Trinajstić information content (AvgIpc) is 2.54. The van der Waals surface area contributed by atoms with Crippen molar-refractivity contribution in [2.75, 3.05) is 0 Å². The van der Waals surface area contributed by atoms with Crippen LogP contribution in [0.3, 0.4) is 0 Å². The van der Waals surface area contributed by atoms with E-state index < -0.39 is 11.4 Å². The van der Waals surface area contributed by atoms with Crippen LogP contribution in [0.15, 0.2) is 53.0 Å². The lowest BCUT2D eigenvalue weighted by Gasteiger charge is -2.33. The maximum Gasteiger partial charge on any atom is 0.370 e. The summed E-state index contributed by atoms with van der Waals surface area (Å²) in [4.78, 5) is 25.8. The molecule has 0 spiro atoms. The molecule has 2 aromatic rings. The lowest BCUT2D eigenvalue weighted by Crippen LogP contribution is -3.25. The summed E-state index contributed by atoms with van der Waals surface area (Å²) in [6, 6.07) is 13.4. The van der Waals surface area contributed by atoms with Gasteiger partial charge in [-0.25, -0.2) is 4.79 Å². The molecular formula is C18H19BrCl4N2O2. The molecule has 0 bridgehead atoms. The molecular weight excluding hydrogens is 498 g/mol. The number of quaternary nitrogens is 1. The summed E-state index contributed by atoms with van der Waals surface area (Å²) in [5, 5.41) is 0.720. The Morgan fingerprint density at radius 3 is 2.04 bits per heavy atom. The van der Waals surface area contributed by atoms with Gasteiger partial charge in [0, 0.05) is 9.50 Å². The van der Waals surface area contributed by atoms with Gasteiger partial charge in [0.25, 0.3) is 0 Å². The summed E-state index contributed by atoms with van der Waals surface area (Å²) in [5.41, 5.74) is 0.151. The molecule has 2 aromatic carbocycles. The largest absolute Gasteiger partial charge is 1.00 e. The molecule has 2 amide bonds. The molecule has 0 heterocycles. The van der Waals surface area contributed by atoms with Gasteiger partial charge in [0.1, 0.15) is 5.54 Å². The molecule has 0 saturated carbocycles. The van der Waals surface area contributed by atoms with E-state index in [2.05, 4.69) is 15.9 Å². The van der Waals surface area contributed by atoms with Crippen LogP contribution < -0.4 is 17.4 Å². The Hall–Kier alpha value is -0.820. The maximum absolute atomic E-state index is 13.0. The van der Waals surface area contributed by atoms with E-state index in [-0.39, 0.29) is 35.7 Å². The standard InChI is InChI=1S/C18H17BrCl2N2O2.2ClH/c1-18(2,3)22(16(24)12-8-10-13(20)11-9-12)23(21)17(25)14-6-4-5-7-15(14)19;;/h4-11H,1-3H3;2*1H. The first-order valence-electron chi connectivity index (χ1n) is 7.55. The van der Waals surface area contributed by atoms with Crippen LogP contribution in [0.2, 0.25) is 5.02 Å². The molecule has 0 saturated heterocycles. The monoisotopic (exact) mass is 514 g/mol. The number of hydrogen-bond acceptors (Lipinski definition) is 2. The molecule has 2 rings (SSSR count). The number of nitrogens with one attached hydrogen (secondary N) is 1. The zero-order valence-electron chi connectivity index (χ0n) is 14.8. The van der Waals surface area contributed by atoms with Crippen LogP contribution in [0, 0.1) is 0 Å². The fraction of sp³-hybridized carbons (Fsp3) is 0.222. The topological polar surface area (TPSA) is 41.8 Å². The van der Waals surface area contributed by atoms with E-state index in [1.165, 1.54) is 0 Å². The van der Waals surface area contributed by atoms with E-state index in [4.69, 9.17) is 23.4 Å². The molecule has 0 aromatic heterocycles. The van der Waals surface area contributed by atoms with Gasteiger partial charge in [-0.3, -0.25) is 4.79 Å². The molecule has 1 N–H and O–H groups in total. The van der Waals surface area contributed by atoms with E-state index in [1.807, 2.05) is 20.8 Å². The van der Waals surface area contributed by atoms with Gasteiger partial charge >= 0.3 is 11.8 Å². The highest BCUT2D eigenvalue weighted by Crippen LogP contribution is 2.18. The Kier molecular flexibility index (Phi) is 10.3. The summed E-state index contributed by atoms with van der Waals surface area (Å²) in [6.45, 7) is 5.50. The molecule has 4 nitrogen and oxygen atoms in total. The second-order valence-corrected chi connectivity index (χ2v) is 8.13. The van der Waals surface area contributed by atoms with Gasteiger partial charge < -0.3 is 12.4 Å². The summed E-state index contributed by atoms with van der Waals surface area (Å²) < 4.78 is 1.52. The number of benzene rings is 2. The Balaban J connectivity index is 0.00000338. The fourth-order valence-electron chi connectivity index (χ4n) is 2.30. The second-order valence-electron chi connectivity index (χ2n) is 6.50. The Morgan fingerprint density at radius 1 is 1.04 bits per heavy atom. The number of rotatable bonds is 2. The number of halogens is 5. The number of nitrogens with zero attached hydrogens (tertiary/aromatic N) is 1. The normalized spacial score (nSPS) is 11.6. The van der Waals surface area contributed by atoms with Gasteiger partial charge in [0.2, 0.25) is 0 Å². The number of carbonyl (C=O) groups is 2. The minimum atomic E-state index is -0.643. The smallest absolute Gasteiger partial charge is 0.370 e. The zero-order chi connectivity index (χ0) is 18.8. The van der Waals surface area contributed by atoms with Crippen LogP contribution >= 0.6 is 51.7 Å². The van der Waals surface area contributed by atoms with Crippen molar-refractivity contribution in [2.24, 2.45) is 0 Å². The molecule has 0 radical (unpaired) electrons. The van der Waals surface area contributed by atoms with E-state index in [9.17, 15) is 9.59 Å². The Morgan fingerprint density at radius 2 is 1.56 bits per heavy atom. The summed E-state index contributed by atoms with van der Waals surface area (Å²) in [6.07, 6.45) is 0. The van der Waals surface area contributed by atoms with Crippen molar-refractivity contribution in [2.45, 2.75) is 26.3 Å². The van der Waals surface area contributed by atoms with Gasteiger partial charge in [0.15, 0.2) is 0 Å². The first kappa shape index (κ1) is 26.2. The van der Waals surface area contributed by atoms with Gasteiger partial charge in [-0.15, -0.1) is 17.4 Å². The van der Waals surface area contributed by atoms with Crippen LogP contribution in [-0.4, -0.2) is 21.9 Å². The van der Waals surface area contributed by atoms with E-state index in [0.29, 0.717) is 20.6 Å². The minimum Gasteiger partial charge on any atom is -1.00 e. The molecule has 9 heteroatoms. The number of hydrogen-bond donors (Lipinski definition) is 1. The lowest BCUT2D eigenvalue weighted by atomic mass is 10.1. The minimum absolute atomic E-state index is 0. The number of carbonyl (C=O) groups excluding carboxylic acids is 2. The van der Waals surface area contributed by atoms with Gasteiger partial charge in [-0.05, 0) is 73.1 Å². The fourth-order valence-corrected chi connectivity index (χ4v) is 3.31.